The Morgan fingerprint density at radius 3 is 2.32 bits per heavy atom. The summed E-state index contributed by atoms with van der Waals surface area (Å²) in [5, 5.41) is 5.39. The summed E-state index contributed by atoms with van der Waals surface area (Å²) >= 11 is 0. The minimum absolute atomic E-state index is 0.158. The maximum atomic E-state index is 14.4. The van der Waals surface area contributed by atoms with E-state index in [9.17, 15) is 8.78 Å². The van der Waals surface area contributed by atoms with Crippen LogP contribution in [0.4, 0.5) is 8.78 Å². The summed E-state index contributed by atoms with van der Waals surface area (Å²) in [7, 11) is 1.42. The van der Waals surface area contributed by atoms with Gasteiger partial charge >= 0.3 is 0 Å². The molecule has 0 atom stereocenters. The summed E-state index contributed by atoms with van der Waals surface area (Å²) in [6.07, 6.45) is 1.66. The third-order valence-corrected chi connectivity index (χ3v) is 4.95. The Morgan fingerprint density at radius 1 is 0.871 bits per heavy atom. The van der Waals surface area contributed by atoms with E-state index in [2.05, 4.69) is 4.98 Å². The van der Waals surface area contributed by atoms with Crippen LogP contribution in [-0.2, 0) is 0 Å². The lowest BCUT2D eigenvalue weighted by Gasteiger charge is -2.04. The molecule has 0 fully saturated rings. The molecular formula is C24H16F2N4O. The standard InChI is InChI=1S/C24H16F2N4O/c1-31-21-12-9-16(13-20(21)26)22-19-14-27-23(15-7-10-17(25)11-8-15)28-24(19)30(29-22)18-5-3-2-4-6-18/h2-14H,1H3. The van der Waals surface area contributed by atoms with Gasteiger partial charge in [-0.2, -0.15) is 5.10 Å². The zero-order valence-corrected chi connectivity index (χ0v) is 16.5. The number of hydrogen-bond donors (Lipinski definition) is 0. The van der Waals surface area contributed by atoms with Crippen molar-refractivity contribution in [2.75, 3.05) is 7.11 Å². The normalized spacial score (nSPS) is 11.1. The van der Waals surface area contributed by atoms with Gasteiger partial charge in [-0.3, -0.25) is 0 Å². The molecule has 0 aliphatic carbocycles. The molecule has 2 heterocycles. The fourth-order valence-corrected chi connectivity index (χ4v) is 3.42. The summed E-state index contributed by atoms with van der Waals surface area (Å²) in [5.74, 6) is -0.211. The lowest BCUT2D eigenvalue weighted by molar-refractivity contribution is 0.386. The van der Waals surface area contributed by atoms with E-state index in [4.69, 9.17) is 14.8 Å². The Labute approximate surface area is 176 Å². The highest BCUT2D eigenvalue weighted by molar-refractivity contribution is 5.92. The van der Waals surface area contributed by atoms with Crippen LogP contribution < -0.4 is 4.74 Å². The number of rotatable bonds is 4. The first-order valence-electron chi connectivity index (χ1n) is 9.55. The Morgan fingerprint density at radius 2 is 1.61 bits per heavy atom. The molecule has 0 saturated carbocycles. The van der Waals surface area contributed by atoms with E-state index in [1.165, 1.54) is 25.3 Å². The van der Waals surface area contributed by atoms with Crippen LogP contribution in [0.15, 0.2) is 79.0 Å². The molecule has 0 amide bonds. The third-order valence-electron chi connectivity index (χ3n) is 4.95. The molecule has 0 spiro atoms. The molecule has 0 unspecified atom stereocenters. The molecular weight excluding hydrogens is 398 g/mol. The van der Waals surface area contributed by atoms with E-state index >= 15 is 0 Å². The Hall–Kier alpha value is -4.13. The van der Waals surface area contributed by atoms with E-state index in [0.29, 0.717) is 33.7 Å². The Kier molecular flexibility index (Phi) is 4.63. The highest BCUT2D eigenvalue weighted by Crippen LogP contribution is 2.32. The second-order valence-electron chi connectivity index (χ2n) is 6.88. The summed E-state index contributed by atoms with van der Waals surface area (Å²) in [5.41, 5.74) is 3.17. The van der Waals surface area contributed by atoms with Crippen molar-refractivity contribution in [1.82, 2.24) is 19.7 Å². The molecule has 7 heteroatoms. The smallest absolute Gasteiger partial charge is 0.167 e. The average Bonchev–Trinajstić information content (AvgIpc) is 3.19. The Bertz CT molecular complexity index is 1380. The van der Waals surface area contributed by atoms with E-state index in [1.54, 1.807) is 35.1 Å². The van der Waals surface area contributed by atoms with Crippen molar-refractivity contribution in [2.45, 2.75) is 0 Å². The zero-order valence-electron chi connectivity index (χ0n) is 16.5. The number of benzene rings is 3. The van der Waals surface area contributed by atoms with Gasteiger partial charge < -0.3 is 4.74 Å². The maximum absolute atomic E-state index is 14.4. The third kappa shape index (κ3) is 3.40. The molecule has 0 saturated heterocycles. The van der Waals surface area contributed by atoms with Crippen molar-refractivity contribution < 1.29 is 13.5 Å². The number of halogens is 2. The van der Waals surface area contributed by atoms with Gasteiger partial charge in [0.2, 0.25) is 0 Å². The highest BCUT2D eigenvalue weighted by Gasteiger charge is 2.18. The lowest BCUT2D eigenvalue weighted by atomic mass is 10.1. The number of nitrogens with zero attached hydrogens (tertiary/aromatic N) is 4. The average molecular weight is 414 g/mol. The molecule has 0 radical (unpaired) electrons. The summed E-state index contributed by atoms with van der Waals surface area (Å²) in [4.78, 5) is 9.15. The predicted molar refractivity (Wildman–Crippen MR) is 114 cm³/mol. The van der Waals surface area contributed by atoms with Gasteiger partial charge in [0.1, 0.15) is 11.5 Å². The number of fused-ring (bicyclic) bond motifs is 1. The molecule has 0 aliphatic heterocycles. The van der Waals surface area contributed by atoms with E-state index in [1.807, 2.05) is 30.3 Å². The molecule has 31 heavy (non-hydrogen) atoms. The van der Waals surface area contributed by atoms with Crippen LogP contribution in [0.1, 0.15) is 0 Å². The van der Waals surface area contributed by atoms with Crippen LogP contribution in [-0.4, -0.2) is 26.9 Å². The quantitative estimate of drug-likeness (QED) is 0.393. The van der Waals surface area contributed by atoms with Gasteiger partial charge in [0.25, 0.3) is 0 Å². The van der Waals surface area contributed by atoms with Crippen LogP contribution in [0.5, 0.6) is 5.75 Å². The van der Waals surface area contributed by atoms with Crippen LogP contribution in [0, 0.1) is 11.6 Å². The van der Waals surface area contributed by atoms with Gasteiger partial charge in [-0.1, -0.05) is 18.2 Å². The van der Waals surface area contributed by atoms with E-state index in [0.717, 1.165) is 5.69 Å². The molecule has 3 aromatic carbocycles. The van der Waals surface area contributed by atoms with Crippen molar-refractivity contribution in [2.24, 2.45) is 0 Å². The van der Waals surface area contributed by atoms with Crippen LogP contribution in [0.25, 0.3) is 39.4 Å². The highest BCUT2D eigenvalue weighted by atomic mass is 19.1. The van der Waals surface area contributed by atoms with Crippen molar-refractivity contribution in [1.29, 1.82) is 0 Å². The van der Waals surface area contributed by atoms with Crippen molar-refractivity contribution in [3.63, 3.8) is 0 Å². The van der Waals surface area contributed by atoms with Crippen molar-refractivity contribution in [3.05, 3.63) is 90.6 Å². The summed E-state index contributed by atoms with van der Waals surface area (Å²) < 4.78 is 34.4. The van der Waals surface area contributed by atoms with E-state index in [-0.39, 0.29) is 11.6 Å². The van der Waals surface area contributed by atoms with Gasteiger partial charge in [0, 0.05) is 17.3 Å². The predicted octanol–water partition coefficient (Wildman–Crippen LogP) is 5.44. The zero-order chi connectivity index (χ0) is 21.4. The van der Waals surface area contributed by atoms with Crippen molar-refractivity contribution >= 4 is 11.0 Å². The molecule has 2 aromatic heterocycles. The summed E-state index contributed by atoms with van der Waals surface area (Å²) in [6, 6.07) is 20.2. The SMILES string of the molecule is COc1ccc(-c2nn(-c3ccccc3)c3nc(-c4ccc(F)cc4)ncc23)cc1F. The minimum atomic E-state index is -0.480. The Balaban J connectivity index is 1.74. The minimum Gasteiger partial charge on any atom is -0.494 e. The number of para-hydroxylation sites is 1. The molecule has 152 valence electrons. The van der Waals surface area contributed by atoms with Gasteiger partial charge in [0.15, 0.2) is 23.0 Å². The fraction of sp³-hybridized carbons (Fsp3) is 0.0417. The lowest BCUT2D eigenvalue weighted by Crippen LogP contribution is -1.99. The maximum Gasteiger partial charge on any atom is 0.167 e. The second-order valence-corrected chi connectivity index (χ2v) is 6.88. The largest absolute Gasteiger partial charge is 0.494 e. The topological polar surface area (TPSA) is 52.8 Å². The number of ether oxygens (including phenoxy) is 1. The molecule has 5 rings (SSSR count). The fourth-order valence-electron chi connectivity index (χ4n) is 3.42. The van der Waals surface area contributed by atoms with Gasteiger partial charge in [-0.05, 0) is 54.6 Å². The molecule has 5 nitrogen and oxygen atoms in total. The van der Waals surface area contributed by atoms with Gasteiger partial charge in [-0.25, -0.2) is 23.4 Å². The summed E-state index contributed by atoms with van der Waals surface area (Å²) in [6.45, 7) is 0. The first kappa shape index (κ1) is 18.9. The molecule has 5 aromatic rings. The van der Waals surface area contributed by atoms with Crippen LogP contribution in [0.3, 0.4) is 0 Å². The molecule has 0 aliphatic rings. The number of hydrogen-bond acceptors (Lipinski definition) is 4. The van der Waals surface area contributed by atoms with E-state index < -0.39 is 5.82 Å². The first-order valence-corrected chi connectivity index (χ1v) is 9.55. The number of aromatic nitrogens is 4. The van der Waals surface area contributed by atoms with Crippen molar-refractivity contribution in [3.8, 4) is 34.1 Å². The van der Waals surface area contributed by atoms with Crippen LogP contribution in [0.2, 0.25) is 0 Å². The number of methoxy groups -OCH3 is 1. The van der Waals surface area contributed by atoms with Gasteiger partial charge in [-0.15, -0.1) is 0 Å². The first-order chi connectivity index (χ1) is 15.1. The molecule has 0 bridgehead atoms. The monoisotopic (exact) mass is 414 g/mol. The van der Waals surface area contributed by atoms with Crippen LogP contribution >= 0.6 is 0 Å². The molecule has 0 N–H and O–H groups in total. The second kappa shape index (κ2) is 7.60. The van der Waals surface area contributed by atoms with Gasteiger partial charge in [0.05, 0.1) is 18.2 Å².